The highest BCUT2D eigenvalue weighted by Gasteiger charge is 2.44. The number of nitrogens with two attached hydrogens (primary N) is 2. The number of fused-ring (bicyclic) bond motifs is 2. The summed E-state index contributed by atoms with van der Waals surface area (Å²) in [5.74, 6) is 0.907. The number of piperidine rings is 1. The van der Waals surface area contributed by atoms with Gasteiger partial charge in [-0.25, -0.2) is 24.9 Å². The van der Waals surface area contributed by atoms with Gasteiger partial charge in [0.2, 0.25) is 5.95 Å². The van der Waals surface area contributed by atoms with Crippen molar-refractivity contribution < 1.29 is 14.9 Å². The van der Waals surface area contributed by atoms with Crippen LogP contribution in [0.4, 0.5) is 11.8 Å². The van der Waals surface area contributed by atoms with E-state index in [9.17, 15) is 15.0 Å². The number of rotatable bonds is 9. The zero-order valence-corrected chi connectivity index (χ0v) is 23.1. The molecule has 0 amide bonds. The molecule has 41 heavy (non-hydrogen) atoms. The Labute approximate surface area is 238 Å². The zero-order chi connectivity index (χ0) is 28.5. The summed E-state index contributed by atoms with van der Waals surface area (Å²) >= 11 is 1.78. The number of ether oxygens (including phenoxy) is 1. The fourth-order valence-electron chi connectivity index (χ4n) is 5.32. The summed E-state index contributed by atoms with van der Waals surface area (Å²) in [6.07, 6.45) is 1.48. The number of pyridine rings is 1. The monoisotopic (exact) mass is 583 g/mol. The molecule has 6 heterocycles. The Bertz CT molecular complexity index is 1570. The minimum absolute atomic E-state index is 0.0795. The van der Waals surface area contributed by atoms with E-state index < -0.39 is 24.5 Å². The maximum absolute atomic E-state index is 12.1. The number of anilines is 2. The highest BCUT2D eigenvalue weighted by molar-refractivity contribution is 7.99. The topological polar surface area (TPSA) is 219 Å². The van der Waals surface area contributed by atoms with Crippen molar-refractivity contribution in [2.24, 2.45) is 0 Å². The lowest BCUT2D eigenvalue weighted by atomic mass is 10.1. The number of aliphatic hydroxyl groups is 2. The van der Waals surface area contributed by atoms with Crippen LogP contribution < -0.4 is 22.3 Å². The van der Waals surface area contributed by atoms with Crippen LogP contribution >= 0.6 is 11.8 Å². The molecule has 4 aromatic heterocycles. The van der Waals surface area contributed by atoms with Gasteiger partial charge >= 0.3 is 0 Å². The van der Waals surface area contributed by atoms with Gasteiger partial charge in [-0.05, 0) is 38.1 Å². The Morgan fingerprint density at radius 1 is 1.10 bits per heavy atom. The van der Waals surface area contributed by atoms with E-state index in [1.54, 1.807) is 22.4 Å². The van der Waals surface area contributed by atoms with Crippen LogP contribution in [-0.2, 0) is 11.3 Å². The second-order valence-electron chi connectivity index (χ2n) is 10.3. The smallest absolute Gasteiger partial charge is 0.278 e. The average Bonchev–Trinajstić information content (AvgIpc) is 3.52. The van der Waals surface area contributed by atoms with Crippen molar-refractivity contribution in [3.63, 3.8) is 0 Å². The first kappa shape index (κ1) is 27.7. The Kier molecular flexibility index (Phi) is 8.01. The third-order valence-electron chi connectivity index (χ3n) is 7.57. The van der Waals surface area contributed by atoms with Gasteiger partial charge in [0, 0.05) is 30.6 Å². The highest BCUT2D eigenvalue weighted by atomic mass is 32.2. The van der Waals surface area contributed by atoms with Gasteiger partial charge in [-0.2, -0.15) is 11.8 Å². The number of nitrogens with zero attached hydrogens (tertiary/aromatic N) is 7. The molecule has 0 aromatic carbocycles. The highest BCUT2D eigenvalue weighted by Crippen LogP contribution is 2.35. The molecule has 16 heteroatoms. The number of nitrogen functional groups attached to an aromatic ring is 2. The number of nitrogens with one attached hydrogen (secondary N) is 2. The van der Waals surface area contributed by atoms with Gasteiger partial charge in [-0.15, -0.1) is 0 Å². The fraction of sp³-hybridized carbons (Fsp3) is 0.520. The Morgan fingerprint density at radius 3 is 2.76 bits per heavy atom. The molecular weight excluding hydrogens is 550 g/mol. The normalized spacial score (nSPS) is 24.0. The predicted molar refractivity (Wildman–Crippen MR) is 154 cm³/mol. The van der Waals surface area contributed by atoms with Crippen molar-refractivity contribution in [3.8, 4) is 0 Å². The number of H-pyrrole nitrogens is 1. The van der Waals surface area contributed by atoms with Crippen LogP contribution in [0.1, 0.15) is 24.8 Å². The summed E-state index contributed by atoms with van der Waals surface area (Å²) in [7, 11) is 0. The molecule has 6 rings (SSSR count). The quantitative estimate of drug-likeness (QED) is 0.133. The lowest BCUT2D eigenvalue weighted by Crippen LogP contribution is -2.39. The van der Waals surface area contributed by atoms with Crippen molar-refractivity contribution in [1.82, 2.24) is 44.7 Å². The maximum atomic E-state index is 12.1. The van der Waals surface area contributed by atoms with E-state index in [-0.39, 0.29) is 22.8 Å². The number of aliphatic hydroxyl groups excluding tert-OH is 2. The van der Waals surface area contributed by atoms with Gasteiger partial charge in [0.15, 0.2) is 23.2 Å². The standard InChI is InChI=1S/C25H33N11O4S/c26-21-18-22(30-11-29-21)36(12-31-18)24-20(38)19(37)16(40-24)10-41-14-3-6-35(7-4-14)8-5-28-9-13-1-2-15-17(32-13)23(39)34-25(27)33-15/h1-2,11-12,14,16,19-20,24,28,37-38H,3-10H2,(H2,26,29,30)(H3,27,33,34,39)/t16-,19?,20+,24-/m1/s1. The molecule has 15 nitrogen and oxygen atoms in total. The van der Waals surface area contributed by atoms with Crippen LogP contribution in [0.25, 0.3) is 22.2 Å². The van der Waals surface area contributed by atoms with Crippen LogP contribution in [-0.4, -0.2) is 105 Å². The van der Waals surface area contributed by atoms with Gasteiger partial charge in [-0.3, -0.25) is 14.3 Å². The van der Waals surface area contributed by atoms with E-state index in [1.807, 2.05) is 6.07 Å². The first-order valence-electron chi connectivity index (χ1n) is 13.5. The molecule has 1 unspecified atom stereocenters. The van der Waals surface area contributed by atoms with Crippen molar-refractivity contribution in [3.05, 3.63) is 40.8 Å². The largest absolute Gasteiger partial charge is 0.387 e. The van der Waals surface area contributed by atoms with Gasteiger partial charge in [-0.1, -0.05) is 0 Å². The van der Waals surface area contributed by atoms with E-state index in [0.717, 1.165) is 44.7 Å². The number of aromatic nitrogens is 7. The number of likely N-dealkylation sites (tertiary alicyclic amines) is 1. The van der Waals surface area contributed by atoms with E-state index in [1.165, 1.54) is 12.7 Å². The van der Waals surface area contributed by atoms with Crippen LogP contribution in [0.2, 0.25) is 0 Å². The molecule has 0 spiro atoms. The summed E-state index contributed by atoms with van der Waals surface area (Å²) in [6.45, 7) is 4.23. The fourth-order valence-corrected chi connectivity index (χ4v) is 6.60. The van der Waals surface area contributed by atoms with Crippen LogP contribution in [0.15, 0.2) is 29.6 Å². The van der Waals surface area contributed by atoms with Gasteiger partial charge < -0.3 is 36.6 Å². The molecule has 0 radical (unpaired) electrons. The number of hydrogen-bond acceptors (Lipinski definition) is 14. The van der Waals surface area contributed by atoms with Crippen LogP contribution in [0, 0.1) is 0 Å². The van der Waals surface area contributed by atoms with Crippen molar-refractivity contribution in [2.45, 2.75) is 49.2 Å². The lowest BCUT2D eigenvalue weighted by molar-refractivity contribution is -0.0289. The Morgan fingerprint density at radius 2 is 1.93 bits per heavy atom. The maximum Gasteiger partial charge on any atom is 0.278 e. The first-order valence-corrected chi connectivity index (χ1v) is 14.6. The number of aromatic amines is 1. The second kappa shape index (κ2) is 11.8. The third-order valence-corrected chi connectivity index (χ3v) is 9.03. The van der Waals surface area contributed by atoms with E-state index in [0.29, 0.717) is 34.2 Å². The summed E-state index contributed by atoms with van der Waals surface area (Å²) in [4.78, 5) is 37.9. The molecule has 0 saturated carbocycles. The van der Waals surface area contributed by atoms with E-state index in [2.05, 4.69) is 40.1 Å². The molecule has 4 atom stereocenters. The molecule has 2 aliphatic heterocycles. The molecule has 2 saturated heterocycles. The minimum atomic E-state index is -1.11. The molecule has 4 aromatic rings. The number of thioether (sulfide) groups is 1. The van der Waals surface area contributed by atoms with E-state index >= 15 is 0 Å². The van der Waals surface area contributed by atoms with Crippen molar-refractivity contribution in [2.75, 3.05) is 43.4 Å². The van der Waals surface area contributed by atoms with Crippen molar-refractivity contribution >= 4 is 45.7 Å². The summed E-state index contributed by atoms with van der Waals surface area (Å²) in [5.41, 5.74) is 13.5. The Balaban J connectivity index is 0.927. The molecule has 0 bridgehead atoms. The molecule has 0 aliphatic carbocycles. The average molecular weight is 584 g/mol. The Hall–Kier alpha value is -3.41. The molecule has 8 N–H and O–H groups in total. The second-order valence-corrected chi connectivity index (χ2v) is 11.6. The van der Waals surface area contributed by atoms with Crippen LogP contribution in [0.3, 0.4) is 0 Å². The van der Waals surface area contributed by atoms with Crippen LogP contribution in [0.5, 0.6) is 0 Å². The number of imidazole rings is 1. The predicted octanol–water partition coefficient (Wildman–Crippen LogP) is -0.771. The first-order chi connectivity index (χ1) is 19.9. The molecule has 2 fully saturated rings. The lowest BCUT2D eigenvalue weighted by Gasteiger charge is -2.32. The SMILES string of the molecule is Nc1nc2ccc(CNCCN3CCC(SC[C@H]4O[C@@H](n5cnc6c(N)ncnc65)[C@@H](O)C4O)CC3)nc2c(=O)[nH]1. The van der Waals surface area contributed by atoms with Gasteiger partial charge in [0.05, 0.1) is 23.6 Å². The summed E-state index contributed by atoms with van der Waals surface area (Å²) in [5, 5.41) is 25.2. The minimum Gasteiger partial charge on any atom is -0.387 e. The van der Waals surface area contributed by atoms with Crippen molar-refractivity contribution in [1.29, 1.82) is 0 Å². The molecule has 2 aliphatic rings. The van der Waals surface area contributed by atoms with E-state index in [4.69, 9.17) is 16.2 Å². The van der Waals surface area contributed by atoms with Gasteiger partial charge in [0.25, 0.3) is 5.56 Å². The summed E-state index contributed by atoms with van der Waals surface area (Å²) < 4.78 is 7.68. The molecular formula is C25H33N11O4S. The zero-order valence-electron chi connectivity index (χ0n) is 22.3. The van der Waals surface area contributed by atoms with Gasteiger partial charge in [0.1, 0.15) is 24.1 Å². The molecule has 218 valence electrons. The third kappa shape index (κ3) is 5.84. The summed E-state index contributed by atoms with van der Waals surface area (Å²) in [6, 6.07) is 3.60. The number of hydrogen-bond donors (Lipinski definition) is 6.